The number of carbonyl (C=O) groups excluding carboxylic acids is 4. The molecule has 0 radical (unpaired) electrons. The molecule has 284 valence electrons. The minimum Gasteiger partial charge on any atom is -0.461 e. The predicted octanol–water partition coefficient (Wildman–Crippen LogP) is 5.77. The molecule has 13 nitrogen and oxygen atoms in total. The van der Waals surface area contributed by atoms with Gasteiger partial charge in [-0.15, -0.1) is 0 Å². The summed E-state index contributed by atoms with van der Waals surface area (Å²) in [4.78, 5) is 56.2. The lowest BCUT2D eigenvalue weighted by atomic mass is 9.91. The molecule has 0 aliphatic heterocycles. The zero-order valence-electron chi connectivity index (χ0n) is 31.8. The highest BCUT2D eigenvalue weighted by molar-refractivity contribution is 5.86. The quantitative estimate of drug-likeness (QED) is 0.0804. The van der Waals surface area contributed by atoms with Crippen LogP contribution in [0.1, 0.15) is 66.5 Å². The monoisotopic (exact) mass is 716 g/mol. The van der Waals surface area contributed by atoms with Crippen molar-refractivity contribution >= 4 is 24.1 Å². The molecule has 0 aromatic heterocycles. The molecule has 0 saturated heterocycles. The van der Waals surface area contributed by atoms with Gasteiger partial charge in [0.2, 0.25) is 0 Å². The Bertz CT molecular complexity index is 1290. The van der Waals surface area contributed by atoms with Gasteiger partial charge in [-0.3, -0.25) is 9.80 Å². The summed E-state index contributed by atoms with van der Waals surface area (Å²) < 4.78 is 38.6. The number of benzene rings is 2. The lowest BCUT2D eigenvalue weighted by molar-refractivity contribution is -0.163. The third-order valence-electron chi connectivity index (χ3n) is 7.52. The summed E-state index contributed by atoms with van der Waals surface area (Å²) in [5.74, 6) is -1.36. The highest BCUT2D eigenvalue weighted by Crippen LogP contribution is 2.27. The zero-order chi connectivity index (χ0) is 38.3. The molecule has 0 aliphatic carbocycles. The Hall–Kier alpha value is -4.20. The van der Waals surface area contributed by atoms with Gasteiger partial charge in [0.1, 0.15) is 49.0 Å². The normalized spacial score (nSPS) is 14.0. The van der Waals surface area contributed by atoms with Crippen LogP contribution in [-0.4, -0.2) is 110 Å². The van der Waals surface area contributed by atoms with Crippen LogP contribution in [0.4, 0.5) is 9.59 Å². The van der Waals surface area contributed by atoms with Crippen molar-refractivity contribution in [1.82, 2.24) is 9.80 Å². The molecule has 51 heavy (non-hydrogen) atoms. The molecule has 0 spiro atoms. The molecule has 2 atom stereocenters. The molecular weight excluding hydrogens is 660 g/mol. The van der Waals surface area contributed by atoms with Crippen molar-refractivity contribution < 1.29 is 52.3 Å². The van der Waals surface area contributed by atoms with E-state index in [1.165, 1.54) is 24.0 Å². The third kappa shape index (κ3) is 13.8. The minimum atomic E-state index is -1.49. The molecule has 0 saturated carbocycles. The van der Waals surface area contributed by atoms with Crippen molar-refractivity contribution in [2.45, 2.75) is 90.5 Å². The van der Waals surface area contributed by atoms with Crippen molar-refractivity contribution in [2.24, 2.45) is 0 Å². The summed E-state index contributed by atoms with van der Waals surface area (Å²) in [5, 5.41) is 0. The highest BCUT2D eigenvalue weighted by Gasteiger charge is 2.47. The summed E-state index contributed by atoms with van der Waals surface area (Å²) in [6.45, 7) is 12.9. The molecule has 2 amide bonds. The molecule has 2 rings (SSSR count). The standard InChI is InChI=1S/C38H56N2O11/c1-35(2,3)50-33(43)39(27-45-9)37(7,25-29-17-13-11-14-18-29)31(41)48-23-21-47-22-24-49-32(42)38(8,26-30-19-15-12-16-20-30)40(28-46-10)34(44)51-36(4,5)6/h11-20H,21-28H2,1-10H3. The van der Waals surface area contributed by atoms with Crippen LogP contribution in [0.25, 0.3) is 0 Å². The predicted molar refractivity (Wildman–Crippen MR) is 190 cm³/mol. The largest absolute Gasteiger partial charge is 0.461 e. The molecule has 2 aromatic carbocycles. The molecule has 0 N–H and O–H groups in total. The Labute approximate surface area is 302 Å². The van der Waals surface area contributed by atoms with E-state index in [4.69, 9.17) is 33.2 Å². The maximum Gasteiger partial charge on any atom is 0.413 e. The second kappa shape index (κ2) is 19.4. The number of nitrogens with zero attached hydrogens (tertiary/aromatic N) is 2. The lowest BCUT2D eigenvalue weighted by Gasteiger charge is -2.39. The van der Waals surface area contributed by atoms with Gasteiger partial charge in [-0.05, 0) is 66.5 Å². The van der Waals surface area contributed by atoms with Crippen LogP contribution in [0.15, 0.2) is 60.7 Å². The molecular formula is C38H56N2O11. The Morgan fingerprint density at radius 3 is 1.16 bits per heavy atom. The number of esters is 2. The van der Waals surface area contributed by atoms with Crippen LogP contribution >= 0.6 is 0 Å². The summed E-state index contributed by atoms with van der Waals surface area (Å²) in [5.41, 5.74) is -2.99. The Balaban J connectivity index is 2.09. The van der Waals surface area contributed by atoms with E-state index >= 15 is 0 Å². The van der Waals surface area contributed by atoms with Crippen molar-refractivity contribution in [3.05, 3.63) is 71.8 Å². The third-order valence-corrected chi connectivity index (χ3v) is 7.52. The molecule has 0 heterocycles. The first-order valence-corrected chi connectivity index (χ1v) is 16.9. The van der Waals surface area contributed by atoms with Crippen molar-refractivity contribution in [3.8, 4) is 0 Å². The average Bonchev–Trinajstić information content (AvgIpc) is 3.04. The Kier molecular flexibility index (Phi) is 16.4. The Morgan fingerprint density at radius 1 is 0.529 bits per heavy atom. The second-order valence-corrected chi connectivity index (χ2v) is 14.4. The van der Waals surface area contributed by atoms with Crippen LogP contribution in [-0.2, 0) is 55.6 Å². The van der Waals surface area contributed by atoms with Gasteiger partial charge in [-0.2, -0.15) is 0 Å². The number of ether oxygens (including phenoxy) is 7. The highest BCUT2D eigenvalue weighted by atomic mass is 16.6. The van der Waals surface area contributed by atoms with Gasteiger partial charge in [0.25, 0.3) is 0 Å². The first-order chi connectivity index (χ1) is 23.9. The molecule has 0 fully saturated rings. The first-order valence-electron chi connectivity index (χ1n) is 16.9. The van der Waals surface area contributed by atoms with E-state index in [1.54, 1.807) is 55.4 Å². The van der Waals surface area contributed by atoms with E-state index in [1.807, 2.05) is 60.7 Å². The molecule has 13 heteroatoms. The number of hydrogen-bond acceptors (Lipinski definition) is 11. The van der Waals surface area contributed by atoms with Gasteiger partial charge in [-0.25, -0.2) is 19.2 Å². The first kappa shape index (κ1) is 43.0. The molecule has 0 aliphatic rings. The van der Waals surface area contributed by atoms with Gasteiger partial charge >= 0.3 is 24.1 Å². The van der Waals surface area contributed by atoms with Crippen LogP contribution in [0.5, 0.6) is 0 Å². The van der Waals surface area contributed by atoms with E-state index in [-0.39, 0.29) is 52.7 Å². The van der Waals surface area contributed by atoms with E-state index in [2.05, 4.69) is 0 Å². The van der Waals surface area contributed by atoms with Gasteiger partial charge in [-0.1, -0.05) is 60.7 Å². The van der Waals surface area contributed by atoms with Crippen LogP contribution < -0.4 is 0 Å². The number of carbonyl (C=O) groups is 4. The number of amides is 2. The zero-order valence-corrected chi connectivity index (χ0v) is 31.8. The summed E-state index contributed by atoms with van der Waals surface area (Å²) in [7, 11) is 2.84. The van der Waals surface area contributed by atoms with Crippen LogP contribution in [0.2, 0.25) is 0 Å². The summed E-state index contributed by atoms with van der Waals surface area (Å²) >= 11 is 0. The van der Waals surface area contributed by atoms with E-state index in [9.17, 15) is 19.2 Å². The fourth-order valence-corrected chi connectivity index (χ4v) is 5.03. The number of rotatable bonds is 18. The fraction of sp³-hybridized carbons (Fsp3) is 0.579. The molecule has 2 aromatic rings. The van der Waals surface area contributed by atoms with Crippen LogP contribution in [0.3, 0.4) is 0 Å². The van der Waals surface area contributed by atoms with Gasteiger partial charge in [0.05, 0.1) is 13.2 Å². The Morgan fingerprint density at radius 2 is 0.863 bits per heavy atom. The number of methoxy groups -OCH3 is 2. The van der Waals surface area contributed by atoms with Crippen molar-refractivity contribution in [1.29, 1.82) is 0 Å². The average molecular weight is 717 g/mol. The van der Waals surface area contributed by atoms with Crippen LogP contribution in [0, 0.1) is 0 Å². The fourth-order valence-electron chi connectivity index (χ4n) is 5.03. The summed E-state index contributed by atoms with van der Waals surface area (Å²) in [6, 6.07) is 18.5. The lowest BCUT2D eigenvalue weighted by Crippen LogP contribution is -2.58. The van der Waals surface area contributed by atoms with Crippen molar-refractivity contribution in [2.75, 3.05) is 54.1 Å². The van der Waals surface area contributed by atoms with E-state index in [0.717, 1.165) is 11.1 Å². The molecule has 2 unspecified atom stereocenters. The van der Waals surface area contributed by atoms with E-state index in [0.29, 0.717) is 0 Å². The maximum atomic E-state index is 13.6. The van der Waals surface area contributed by atoms with Gasteiger partial charge in [0.15, 0.2) is 0 Å². The SMILES string of the molecule is COCN(C(=O)OC(C)(C)C)C(C)(Cc1ccccc1)C(=O)OCCOCCOC(=O)C(C)(Cc1ccccc1)N(COC)C(=O)OC(C)(C)C. The minimum absolute atomic E-state index is 0.0174. The van der Waals surface area contributed by atoms with Gasteiger partial charge in [0, 0.05) is 27.1 Å². The van der Waals surface area contributed by atoms with Crippen molar-refractivity contribution in [3.63, 3.8) is 0 Å². The van der Waals surface area contributed by atoms with Gasteiger partial charge < -0.3 is 33.2 Å². The second-order valence-electron chi connectivity index (χ2n) is 14.4. The maximum absolute atomic E-state index is 13.6. The number of hydrogen-bond donors (Lipinski definition) is 0. The summed E-state index contributed by atoms with van der Waals surface area (Å²) in [6.07, 6.45) is -1.19. The van der Waals surface area contributed by atoms with E-state index < -0.39 is 46.4 Å². The smallest absolute Gasteiger partial charge is 0.413 e. The topological polar surface area (TPSA) is 139 Å². The molecule has 0 bridgehead atoms.